The zero-order chi connectivity index (χ0) is 17.4. The SMILES string of the molecule is CN(C)c1ccc(-c2cn3c(n2)sc2cc(OCC[18F])ccc23)cc1. The van der Waals surface area contributed by atoms with Gasteiger partial charge in [-0.3, -0.25) is 4.40 Å². The van der Waals surface area contributed by atoms with Crippen LogP contribution in [-0.2, 0) is 0 Å². The summed E-state index contributed by atoms with van der Waals surface area (Å²) in [6.45, 7) is -0.400. The van der Waals surface area contributed by atoms with E-state index in [-0.39, 0.29) is 6.61 Å². The molecular formula is C19H18FN3OS. The summed E-state index contributed by atoms with van der Waals surface area (Å²) in [5.41, 5.74) is 4.29. The Hall–Kier alpha value is -2.60. The summed E-state index contributed by atoms with van der Waals surface area (Å²) in [6.07, 6.45) is 2.06. The monoisotopic (exact) mass is 354 g/mol. The van der Waals surface area contributed by atoms with Crippen molar-refractivity contribution in [1.82, 2.24) is 9.38 Å². The number of nitrogens with zero attached hydrogens (tertiary/aromatic N) is 3. The van der Waals surface area contributed by atoms with Crippen molar-refractivity contribution in [2.45, 2.75) is 0 Å². The van der Waals surface area contributed by atoms with E-state index in [1.54, 1.807) is 11.3 Å². The van der Waals surface area contributed by atoms with E-state index >= 15 is 0 Å². The average Bonchev–Trinajstić information content (AvgIpc) is 3.17. The van der Waals surface area contributed by atoms with Crippen LogP contribution in [0.25, 0.3) is 26.4 Å². The van der Waals surface area contributed by atoms with Gasteiger partial charge in [-0.05, 0) is 30.3 Å². The number of aromatic nitrogens is 2. The first-order chi connectivity index (χ1) is 12.2. The second-order valence-electron chi connectivity index (χ2n) is 5.99. The van der Waals surface area contributed by atoms with Gasteiger partial charge in [-0.1, -0.05) is 23.5 Å². The van der Waals surface area contributed by atoms with Crippen LogP contribution in [0.3, 0.4) is 0 Å². The molecule has 0 unspecified atom stereocenters. The van der Waals surface area contributed by atoms with Crippen LogP contribution in [0.2, 0.25) is 0 Å². The molecular weight excluding hydrogens is 336 g/mol. The minimum atomic E-state index is -0.484. The van der Waals surface area contributed by atoms with Crippen LogP contribution in [0.5, 0.6) is 5.75 Å². The smallest absolute Gasteiger partial charge is 0.195 e. The highest BCUT2D eigenvalue weighted by Gasteiger charge is 2.11. The summed E-state index contributed by atoms with van der Waals surface area (Å²) < 4.78 is 20.8. The van der Waals surface area contributed by atoms with Crippen molar-refractivity contribution in [3.05, 3.63) is 48.7 Å². The van der Waals surface area contributed by atoms with Gasteiger partial charge in [0.25, 0.3) is 0 Å². The first-order valence-corrected chi connectivity index (χ1v) is 8.85. The molecule has 0 saturated heterocycles. The molecule has 25 heavy (non-hydrogen) atoms. The van der Waals surface area contributed by atoms with Crippen molar-refractivity contribution in [1.29, 1.82) is 0 Å². The topological polar surface area (TPSA) is 29.8 Å². The lowest BCUT2D eigenvalue weighted by molar-refractivity contribution is 0.273. The van der Waals surface area contributed by atoms with Gasteiger partial charge >= 0.3 is 0 Å². The molecule has 128 valence electrons. The van der Waals surface area contributed by atoms with E-state index in [9.17, 15) is 4.39 Å². The largest absolute Gasteiger partial charge is 0.491 e. The molecule has 0 bridgehead atoms. The Morgan fingerprint density at radius 1 is 1.16 bits per heavy atom. The van der Waals surface area contributed by atoms with Crippen molar-refractivity contribution in [3.8, 4) is 17.0 Å². The minimum absolute atomic E-state index is 0.0844. The third-order valence-corrected chi connectivity index (χ3v) is 5.11. The Labute approximate surface area is 149 Å². The van der Waals surface area contributed by atoms with Crippen LogP contribution in [0, 0.1) is 0 Å². The van der Waals surface area contributed by atoms with Crippen molar-refractivity contribution in [2.75, 3.05) is 32.3 Å². The van der Waals surface area contributed by atoms with E-state index in [2.05, 4.69) is 39.8 Å². The van der Waals surface area contributed by atoms with Gasteiger partial charge < -0.3 is 9.64 Å². The number of ether oxygens (including phenoxy) is 1. The zero-order valence-corrected chi connectivity index (χ0v) is 14.9. The highest BCUT2D eigenvalue weighted by Crippen LogP contribution is 2.32. The number of benzene rings is 2. The predicted molar refractivity (Wildman–Crippen MR) is 102 cm³/mol. The summed E-state index contributed by atoms with van der Waals surface area (Å²) in [5, 5.41) is 0. The zero-order valence-electron chi connectivity index (χ0n) is 14.1. The van der Waals surface area contributed by atoms with Gasteiger partial charge in [-0.15, -0.1) is 0 Å². The molecule has 2 heterocycles. The molecule has 0 saturated carbocycles. The van der Waals surface area contributed by atoms with Crippen molar-refractivity contribution < 1.29 is 9.13 Å². The number of fused-ring (bicyclic) bond motifs is 3. The fourth-order valence-electron chi connectivity index (χ4n) is 2.80. The maximum absolute atomic E-state index is 12.2. The van der Waals surface area contributed by atoms with Crippen molar-refractivity contribution in [2.24, 2.45) is 0 Å². The summed E-state index contributed by atoms with van der Waals surface area (Å²) >= 11 is 1.60. The first-order valence-electron chi connectivity index (χ1n) is 8.04. The molecule has 0 aliphatic carbocycles. The number of hydrogen-bond donors (Lipinski definition) is 0. The van der Waals surface area contributed by atoms with Crippen molar-refractivity contribution >= 4 is 32.2 Å². The standard InChI is InChI=1S/C19H18FN3OS/c1-22(2)14-5-3-13(4-6-14)16-12-23-17-8-7-15(24-10-9-20)11-18(17)25-19(23)21-16/h3-8,11-12H,9-10H2,1-2H3/i20-1. The molecule has 4 aromatic rings. The second kappa shape index (κ2) is 6.37. The second-order valence-corrected chi connectivity index (χ2v) is 7.00. The van der Waals surface area contributed by atoms with Gasteiger partial charge in [0.05, 0.1) is 15.9 Å². The Balaban J connectivity index is 1.70. The number of thiazole rings is 1. The molecule has 0 radical (unpaired) electrons. The van der Waals surface area contributed by atoms with Gasteiger partial charge in [0.15, 0.2) is 4.96 Å². The fourth-order valence-corrected chi connectivity index (χ4v) is 3.83. The number of alkyl halides is 1. The molecule has 0 aliphatic rings. The third kappa shape index (κ3) is 2.93. The normalized spacial score (nSPS) is 11.3. The third-order valence-electron chi connectivity index (χ3n) is 4.09. The lowest BCUT2D eigenvalue weighted by Gasteiger charge is -2.12. The van der Waals surface area contributed by atoms with Gasteiger partial charge in [0, 0.05) is 31.5 Å². The number of anilines is 1. The maximum atomic E-state index is 12.2. The molecule has 0 N–H and O–H groups in total. The Morgan fingerprint density at radius 3 is 2.68 bits per heavy atom. The summed E-state index contributed by atoms with van der Waals surface area (Å²) in [5.74, 6) is 0.689. The van der Waals surface area contributed by atoms with E-state index in [0.29, 0.717) is 5.75 Å². The Bertz CT molecular complexity index is 1020. The van der Waals surface area contributed by atoms with E-state index in [4.69, 9.17) is 9.72 Å². The van der Waals surface area contributed by atoms with Gasteiger partial charge in [0.2, 0.25) is 0 Å². The first kappa shape index (κ1) is 15.9. The van der Waals surface area contributed by atoms with Crippen LogP contribution in [0.15, 0.2) is 48.7 Å². The molecule has 0 spiro atoms. The highest BCUT2D eigenvalue weighted by atomic mass is 32.1. The molecule has 4 nitrogen and oxygen atoms in total. The number of hydrogen-bond acceptors (Lipinski definition) is 4. The maximum Gasteiger partial charge on any atom is 0.195 e. The fraction of sp³-hybridized carbons (Fsp3) is 0.211. The summed E-state index contributed by atoms with van der Waals surface area (Å²) in [4.78, 5) is 7.76. The lowest BCUT2D eigenvalue weighted by atomic mass is 10.1. The molecule has 2 aromatic heterocycles. The molecule has 0 fully saturated rings. The predicted octanol–water partition coefficient (Wildman–Crippen LogP) is 4.63. The van der Waals surface area contributed by atoms with E-state index < -0.39 is 6.67 Å². The van der Waals surface area contributed by atoms with E-state index in [1.807, 2.05) is 32.3 Å². The van der Waals surface area contributed by atoms with Crippen LogP contribution in [0.1, 0.15) is 0 Å². The van der Waals surface area contributed by atoms with Crippen LogP contribution in [0.4, 0.5) is 10.1 Å². The Kier molecular flexibility index (Phi) is 4.05. The Morgan fingerprint density at radius 2 is 1.96 bits per heavy atom. The lowest BCUT2D eigenvalue weighted by Crippen LogP contribution is -2.07. The molecule has 0 aliphatic heterocycles. The van der Waals surface area contributed by atoms with Crippen LogP contribution in [-0.4, -0.2) is 36.8 Å². The van der Waals surface area contributed by atoms with Crippen LogP contribution >= 0.6 is 11.3 Å². The van der Waals surface area contributed by atoms with Crippen LogP contribution < -0.4 is 9.64 Å². The number of rotatable bonds is 5. The van der Waals surface area contributed by atoms with Gasteiger partial charge in [-0.25, -0.2) is 9.37 Å². The quantitative estimate of drug-likeness (QED) is 0.523. The van der Waals surface area contributed by atoms with Crippen molar-refractivity contribution in [3.63, 3.8) is 0 Å². The van der Waals surface area contributed by atoms with E-state index in [1.165, 1.54) is 0 Å². The molecule has 2 aromatic carbocycles. The van der Waals surface area contributed by atoms with E-state index in [0.717, 1.165) is 32.1 Å². The highest BCUT2D eigenvalue weighted by molar-refractivity contribution is 7.23. The number of imidazole rings is 1. The number of halogens is 1. The van der Waals surface area contributed by atoms with Gasteiger partial charge in [-0.2, -0.15) is 0 Å². The molecule has 0 atom stereocenters. The summed E-state index contributed by atoms with van der Waals surface area (Å²) in [6, 6.07) is 14.2. The minimum Gasteiger partial charge on any atom is -0.491 e. The molecule has 0 amide bonds. The average molecular weight is 354 g/mol. The molecule has 6 heteroatoms. The molecule has 4 rings (SSSR count). The van der Waals surface area contributed by atoms with Gasteiger partial charge in [0.1, 0.15) is 19.0 Å². The summed E-state index contributed by atoms with van der Waals surface area (Å²) in [7, 11) is 4.05.